The molecule has 0 saturated carbocycles. The molecule has 2 amide bonds. The molecule has 2 aromatic heterocycles. The number of ether oxygens (including phenoxy) is 1. The summed E-state index contributed by atoms with van der Waals surface area (Å²) in [6.45, 7) is 2.38. The molecule has 1 saturated heterocycles. The third-order valence-electron chi connectivity index (χ3n) is 8.49. The molecule has 3 aromatic carbocycles. The zero-order valence-corrected chi connectivity index (χ0v) is 25.1. The number of benzene rings is 3. The van der Waals surface area contributed by atoms with E-state index in [2.05, 4.69) is 10.4 Å². The number of aryl methyl sites for hydroxylation is 1. The Hall–Kier alpha value is -5.13. The number of nitrogens with zero attached hydrogens (tertiary/aromatic N) is 5. The van der Waals surface area contributed by atoms with E-state index in [0.29, 0.717) is 48.0 Å². The summed E-state index contributed by atoms with van der Waals surface area (Å²) in [6.07, 6.45) is 2.96. The molecule has 0 bridgehead atoms. The Morgan fingerprint density at radius 1 is 1.00 bits per heavy atom. The average Bonchev–Trinajstić information content (AvgIpc) is 3.59. The number of rotatable bonds is 7. The molecule has 0 unspecified atom stereocenters. The van der Waals surface area contributed by atoms with Gasteiger partial charge in [0.25, 0.3) is 0 Å². The zero-order valence-electron chi connectivity index (χ0n) is 25.1. The number of piperidine rings is 1. The van der Waals surface area contributed by atoms with Gasteiger partial charge in [0.1, 0.15) is 18.2 Å². The molecular weight excluding hydrogens is 582 g/mol. The first-order valence-electron chi connectivity index (χ1n) is 14.6. The third-order valence-corrected chi connectivity index (χ3v) is 8.49. The van der Waals surface area contributed by atoms with Crippen LogP contribution in [0.25, 0.3) is 32.9 Å². The summed E-state index contributed by atoms with van der Waals surface area (Å²) >= 11 is 0. The van der Waals surface area contributed by atoms with Crippen molar-refractivity contribution in [2.24, 2.45) is 7.05 Å². The van der Waals surface area contributed by atoms with E-state index in [1.54, 1.807) is 46.6 Å². The van der Waals surface area contributed by atoms with Crippen LogP contribution in [0.1, 0.15) is 47.3 Å². The van der Waals surface area contributed by atoms with Crippen molar-refractivity contribution in [1.29, 1.82) is 0 Å². The van der Waals surface area contributed by atoms with Gasteiger partial charge in [-0.15, -0.1) is 0 Å². The number of esters is 1. The van der Waals surface area contributed by atoms with E-state index in [4.69, 9.17) is 9.84 Å². The summed E-state index contributed by atoms with van der Waals surface area (Å²) < 4.78 is 38.1. The molecule has 0 spiro atoms. The minimum atomic E-state index is -0.609. The Labute approximate surface area is 257 Å². The third kappa shape index (κ3) is 5.75. The summed E-state index contributed by atoms with van der Waals surface area (Å²) in [5, 5.41) is 13.3. The van der Waals surface area contributed by atoms with Crippen LogP contribution in [0.15, 0.2) is 54.7 Å². The first-order chi connectivity index (χ1) is 21.6. The molecule has 1 aliphatic rings. The standard InChI is InChI=1S/C33H32F2N6O4/c1-19(42)40-11-9-20(10-12-40)32-31-24(25-15-29-23(14-27(25)35)17-37-39(29)2)5-4-6-28(31)41(38-32)18-30(43)36-16-22-13-21(33(44)45-3)7-8-26(22)34/h4-8,13-15,17,20H,9-12,16,18H2,1-3H3,(H,36,43). The van der Waals surface area contributed by atoms with Crippen molar-refractivity contribution >= 4 is 39.6 Å². The number of carbonyl (C=O) groups excluding carboxylic acids is 3. The lowest BCUT2D eigenvalue weighted by Gasteiger charge is -2.30. The van der Waals surface area contributed by atoms with E-state index < -0.39 is 23.5 Å². The summed E-state index contributed by atoms with van der Waals surface area (Å²) in [4.78, 5) is 38.9. The topological polar surface area (TPSA) is 111 Å². The average molecular weight is 615 g/mol. The minimum Gasteiger partial charge on any atom is -0.465 e. The fourth-order valence-electron chi connectivity index (χ4n) is 6.08. The van der Waals surface area contributed by atoms with E-state index in [9.17, 15) is 18.8 Å². The number of halogens is 2. The summed E-state index contributed by atoms with van der Waals surface area (Å²) in [5.74, 6) is -2.01. The van der Waals surface area contributed by atoms with Crippen molar-refractivity contribution in [3.63, 3.8) is 0 Å². The second kappa shape index (κ2) is 12.1. The van der Waals surface area contributed by atoms with Crippen LogP contribution in [0, 0.1) is 11.6 Å². The number of hydrogen-bond acceptors (Lipinski definition) is 6. The molecule has 1 aliphatic heterocycles. The Balaban J connectivity index is 1.36. The Bertz CT molecular complexity index is 1960. The van der Waals surface area contributed by atoms with Crippen LogP contribution in [0.4, 0.5) is 8.78 Å². The highest BCUT2D eigenvalue weighted by molar-refractivity contribution is 6.00. The van der Waals surface area contributed by atoms with Gasteiger partial charge in [0.15, 0.2) is 0 Å². The molecule has 10 nitrogen and oxygen atoms in total. The quantitative estimate of drug-likeness (QED) is 0.266. The second-order valence-corrected chi connectivity index (χ2v) is 11.3. The number of carbonyl (C=O) groups is 3. The molecule has 1 N–H and O–H groups in total. The van der Waals surface area contributed by atoms with Crippen LogP contribution in [0.5, 0.6) is 0 Å². The lowest BCUT2D eigenvalue weighted by molar-refractivity contribution is -0.129. The van der Waals surface area contributed by atoms with Gasteiger partial charge in [0.2, 0.25) is 11.8 Å². The second-order valence-electron chi connectivity index (χ2n) is 11.3. The van der Waals surface area contributed by atoms with Crippen molar-refractivity contribution in [3.05, 3.63) is 83.2 Å². The first-order valence-corrected chi connectivity index (χ1v) is 14.6. The smallest absolute Gasteiger partial charge is 0.337 e. The number of nitrogens with one attached hydrogen (secondary N) is 1. The van der Waals surface area contributed by atoms with Crippen molar-refractivity contribution in [3.8, 4) is 11.1 Å². The number of amides is 2. The van der Waals surface area contributed by atoms with Crippen molar-refractivity contribution in [2.45, 2.75) is 38.8 Å². The highest BCUT2D eigenvalue weighted by Gasteiger charge is 2.28. The zero-order chi connectivity index (χ0) is 31.8. The predicted octanol–water partition coefficient (Wildman–Crippen LogP) is 4.70. The highest BCUT2D eigenvalue weighted by atomic mass is 19.1. The minimum absolute atomic E-state index is 0.0151. The maximum atomic E-state index is 15.6. The molecule has 0 atom stereocenters. The summed E-state index contributed by atoms with van der Waals surface area (Å²) in [6, 6.07) is 12.5. The number of likely N-dealkylation sites (tertiary alicyclic amines) is 1. The number of methoxy groups -OCH3 is 1. The molecule has 232 valence electrons. The van der Waals surface area contributed by atoms with E-state index in [1.807, 2.05) is 12.1 Å². The molecular formula is C33H32F2N6O4. The van der Waals surface area contributed by atoms with Crippen molar-refractivity contribution < 1.29 is 27.9 Å². The van der Waals surface area contributed by atoms with Gasteiger partial charge in [-0.05, 0) is 54.8 Å². The Morgan fingerprint density at radius 2 is 1.78 bits per heavy atom. The maximum absolute atomic E-state index is 15.6. The van der Waals surface area contributed by atoms with Crippen LogP contribution in [0.3, 0.4) is 0 Å². The number of fused-ring (bicyclic) bond motifs is 2. The Morgan fingerprint density at radius 3 is 2.51 bits per heavy atom. The monoisotopic (exact) mass is 614 g/mol. The van der Waals surface area contributed by atoms with E-state index in [-0.39, 0.29) is 36.0 Å². The molecule has 12 heteroatoms. The van der Waals surface area contributed by atoms with Gasteiger partial charge in [0.05, 0.1) is 35.6 Å². The van der Waals surface area contributed by atoms with Gasteiger partial charge >= 0.3 is 5.97 Å². The summed E-state index contributed by atoms with van der Waals surface area (Å²) in [7, 11) is 3.03. The molecule has 0 aliphatic carbocycles. The van der Waals surface area contributed by atoms with Crippen LogP contribution in [-0.4, -0.2) is 62.4 Å². The lowest BCUT2D eigenvalue weighted by Crippen LogP contribution is -2.36. The molecule has 5 aromatic rings. The SMILES string of the molecule is COC(=O)c1ccc(F)c(CNC(=O)Cn2nc(C3CCN(C(C)=O)CC3)c3c(-c4cc5c(cnn5C)cc4F)cccc32)c1. The van der Waals surface area contributed by atoms with Crippen LogP contribution in [0.2, 0.25) is 0 Å². The molecule has 6 rings (SSSR count). The van der Waals surface area contributed by atoms with Gasteiger partial charge in [-0.2, -0.15) is 10.2 Å². The predicted molar refractivity (Wildman–Crippen MR) is 163 cm³/mol. The van der Waals surface area contributed by atoms with Gasteiger partial charge < -0.3 is 15.0 Å². The maximum Gasteiger partial charge on any atom is 0.337 e. The van der Waals surface area contributed by atoms with Crippen LogP contribution < -0.4 is 5.32 Å². The highest BCUT2D eigenvalue weighted by Crippen LogP contribution is 2.39. The number of aromatic nitrogens is 4. The Kier molecular flexibility index (Phi) is 8.05. The molecule has 3 heterocycles. The van der Waals surface area contributed by atoms with Crippen LogP contribution in [-0.2, 0) is 34.5 Å². The van der Waals surface area contributed by atoms with Gasteiger partial charge in [-0.3, -0.25) is 19.0 Å². The first kappa shape index (κ1) is 29.9. The van der Waals surface area contributed by atoms with E-state index in [1.165, 1.54) is 25.3 Å². The van der Waals surface area contributed by atoms with Crippen LogP contribution >= 0.6 is 0 Å². The van der Waals surface area contributed by atoms with E-state index >= 15 is 4.39 Å². The largest absolute Gasteiger partial charge is 0.465 e. The van der Waals surface area contributed by atoms with Crippen molar-refractivity contribution in [1.82, 2.24) is 29.8 Å². The van der Waals surface area contributed by atoms with Gasteiger partial charge in [0, 0.05) is 61.4 Å². The number of hydrogen-bond donors (Lipinski definition) is 1. The van der Waals surface area contributed by atoms with Gasteiger partial charge in [-0.1, -0.05) is 12.1 Å². The van der Waals surface area contributed by atoms with Gasteiger partial charge in [-0.25, -0.2) is 13.6 Å². The lowest BCUT2D eigenvalue weighted by atomic mass is 9.89. The molecule has 45 heavy (non-hydrogen) atoms. The van der Waals surface area contributed by atoms with E-state index in [0.717, 1.165) is 22.7 Å². The fourth-order valence-corrected chi connectivity index (χ4v) is 6.08. The van der Waals surface area contributed by atoms with Crippen molar-refractivity contribution in [2.75, 3.05) is 20.2 Å². The molecule has 1 fully saturated rings. The fraction of sp³-hybridized carbons (Fsp3) is 0.303. The normalized spacial score (nSPS) is 13.8. The molecule has 0 radical (unpaired) electrons. The summed E-state index contributed by atoms with van der Waals surface area (Å²) in [5.41, 5.74) is 3.50.